The molecule has 1 saturated carbocycles. The first-order valence-corrected chi connectivity index (χ1v) is 7.46. The first kappa shape index (κ1) is 15.4. The SMILES string of the molecule is CCC(C)(C)C1CCC(O)(c2ccc(F)c(F)c2)CC1. The summed E-state index contributed by atoms with van der Waals surface area (Å²) in [7, 11) is 0. The molecule has 0 saturated heterocycles. The fourth-order valence-electron chi connectivity index (χ4n) is 3.24. The third-order valence-electron chi connectivity index (χ3n) is 5.29. The van der Waals surface area contributed by atoms with Gasteiger partial charge >= 0.3 is 0 Å². The van der Waals surface area contributed by atoms with Crippen LogP contribution in [-0.4, -0.2) is 5.11 Å². The maximum absolute atomic E-state index is 13.3. The van der Waals surface area contributed by atoms with Crippen LogP contribution in [-0.2, 0) is 5.60 Å². The average molecular weight is 282 g/mol. The Morgan fingerprint density at radius 2 is 1.80 bits per heavy atom. The Labute approximate surface area is 120 Å². The first-order chi connectivity index (χ1) is 9.28. The second kappa shape index (κ2) is 5.44. The predicted octanol–water partition coefficient (Wildman–Crippen LogP) is 4.78. The van der Waals surface area contributed by atoms with Crippen molar-refractivity contribution in [2.45, 2.75) is 58.5 Å². The lowest BCUT2D eigenvalue weighted by molar-refractivity contribution is -0.0330. The molecule has 2 rings (SSSR count). The van der Waals surface area contributed by atoms with Gasteiger partial charge in [0.15, 0.2) is 11.6 Å². The lowest BCUT2D eigenvalue weighted by Gasteiger charge is -2.42. The van der Waals surface area contributed by atoms with Crippen molar-refractivity contribution in [2.24, 2.45) is 11.3 Å². The molecule has 0 aromatic heterocycles. The Hall–Kier alpha value is -0.960. The Morgan fingerprint density at radius 1 is 1.20 bits per heavy atom. The third kappa shape index (κ3) is 2.88. The van der Waals surface area contributed by atoms with Crippen LogP contribution in [0.5, 0.6) is 0 Å². The zero-order chi connectivity index (χ0) is 15.0. The van der Waals surface area contributed by atoms with Gasteiger partial charge in [-0.15, -0.1) is 0 Å². The van der Waals surface area contributed by atoms with Gasteiger partial charge in [0.2, 0.25) is 0 Å². The van der Waals surface area contributed by atoms with Crippen LogP contribution in [0.25, 0.3) is 0 Å². The molecule has 0 aliphatic heterocycles. The van der Waals surface area contributed by atoms with Crippen molar-refractivity contribution < 1.29 is 13.9 Å². The van der Waals surface area contributed by atoms with Gasteiger partial charge in [-0.25, -0.2) is 8.78 Å². The minimum absolute atomic E-state index is 0.273. The van der Waals surface area contributed by atoms with Gasteiger partial charge in [-0.1, -0.05) is 33.3 Å². The summed E-state index contributed by atoms with van der Waals surface area (Å²) in [5.74, 6) is -1.16. The van der Waals surface area contributed by atoms with Gasteiger partial charge in [-0.05, 0) is 54.7 Å². The smallest absolute Gasteiger partial charge is 0.159 e. The summed E-state index contributed by atoms with van der Waals surface area (Å²) in [5, 5.41) is 10.7. The summed E-state index contributed by atoms with van der Waals surface area (Å²) in [6.45, 7) is 6.72. The maximum atomic E-state index is 13.3. The zero-order valence-electron chi connectivity index (χ0n) is 12.5. The Morgan fingerprint density at radius 3 is 2.30 bits per heavy atom. The van der Waals surface area contributed by atoms with Gasteiger partial charge in [-0.3, -0.25) is 0 Å². The van der Waals surface area contributed by atoms with Crippen molar-refractivity contribution >= 4 is 0 Å². The van der Waals surface area contributed by atoms with E-state index in [1.165, 1.54) is 6.07 Å². The summed E-state index contributed by atoms with van der Waals surface area (Å²) in [4.78, 5) is 0. The minimum Gasteiger partial charge on any atom is -0.385 e. The number of hydrogen-bond acceptors (Lipinski definition) is 1. The van der Waals surface area contributed by atoms with Crippen LogP contribution >= 0.6 is 0 Å². The second-order valence-corrected chi connectivity index (χ2v) is 6.78. The monoisotopic (exact) mass is 282 g/mol. The standard InChI is InChI=1S/C17H24F2O/c1-4-16(2,3)12-7-9-17(20,10-8-12)13-5-6-14(18)15(19)11-13/h5-6,11-12,20H,4,7-10H2,1-3H3. The molecule has 1 fully saturated rings. The number of hydrogen-bond donors (Lipinski definition) is 1. The number of benzene rings is 1. The van der Waals surface area contributed by atoms with Crippen molar-refractivity contribution in [3.63, 3.8) is 0 Å². The molecule has 3 heteroatoms. The van der Waals surface area contributed by atoms with E-state index in [9.17, 15) is 13.9 Å². The molecule has 1 aliphatic carbocycles. The molecule has 1 N–H and O–H groups in total. The van der Waals surface area contributed by atoms with E-state index in [2.05, 4.69) is 20.8 Å². The molecule has 0 unspecified atom stereocenters. The van der Waals surface area contributed by atoms with Crippen LogP contribution in [0.4, 0.5) is 8.78 Å². The summed E-state index contributed by atoms with van der Waals surface area (Å²) in [5.41, 5.74) is -0.228. The van der Waals surface area contributed by atoms with E-state index in [1.54, 1.807) is 0 Å². The third-order valence-corrected chi connectivity index (χ3v) is 5.29. The highest BCUT2D eigenvalue weighted by Gasteiger charge is 2.39. The molecule has 0 bridgehead atoms. The van der Waals surface area contributed by atoms with E-state index in [0.29, 0.717) is 24.3 Å². The molecular weight excluding hydrogens is 258 g/mol. The van der Waals surface area contributed by atoms with Crippen LogP contribution in [0.2, 0.25) is 0 Å². The van der Waals surface area contributed by atoms with Crippen molar-refractivity contribution in [3.05, 3.63) is 35.4 Å². The Kier molecular flexibility index (Phi) is 4.19. The normalized spacial score (nSPS) is 27.6. The van der Waals surface area contributed by atoms with Gasteiger partial charge < -0.3 is 5.11 Å². The van der Waals surface area contributed by atoms with Crippen LogP contribution in [0, 0.1) is 23.0 Å². The number of rotatable bonds is 3. The highest BCUT2D eigenvalue weighted by atomic mass is 19.2. The first-order valence-electron chi connectivity index (χ1n) is 7.46. The number of aliphatic hydroxyl groups is 1. The van der Waals surface area contributed by atoms with Crippen molar-refractivity contribution in [3.8, 4) is 0 Å². The highest BCUT2D eigenvalue weighted by molar-refractivity contribution is 5.24. The molecule has 1 aliphatic rings. The lowest BCUT2D eigenvalue weighted by atomic mass is 9.65. The molecule has 0 heterocycles. The van der Waals surface area contributed by atoms with Gasteiger partial charge in [0.05, 0.1) is 5.60 Å². The van der Waals surface area contributed by atoms with E-state index in [-0.39, 0.29) is 5.41 Å². The highest BCUT2D eigenvalue weighted by Crippen LogP contribution is 2.46. The van der Waals surface area contributed by atoms with Crippen molar-refractivity contribution in [1.29, 1.82) is 0 Å². The maximum Gasteiger partial charge on any atom is 0.159 e. The van der Waals surface area contributed by atoms with E-state index in [0.717, 1.165) is 31.4 Å². The molecule has 0 amide bonds. The van der Waals surface area contributed by atoms with Crippen molar-refractivity contribution in [1.82, 2.24) is 0 Å². The minimum atomic E-state index is -1.01. The van der Waals surface area contributed by atoms with Crippen LogP contribution in [0.15, 0.2) is 18.2 Å². The van der Waals surface area contributed by atoms with E-state index in [1.807, 2.05) is 0 Å². The molecule has 20 heavy (non-hydrogen) atoms. The van der Waals surface area contributed by atoms with Crippen LogP contribution in [0.3, 0.4) is 0 Å². The topological polar surface area (TPSA) is 20.2 Å². The second-order valence-electron chi connectivity index (χ2n) is 6.78. The largest absolute Gasteiger partial charge is 0.385 e. The summed E-state index contributed by atoms with van der Waals surface area (Å²) < 4.78 is 26.3. The van der Waals surface area contributed by atoms with E-state index in [4.69, 9.17) is 0 Å². The molecule has 0 radical (unpaired) electrons. The van der Waals surface area contributed by atoms with E-state index < -0.39 is 17.2 Å². The van der Waals surface area contributed by atoms with Gasteiger partial charge in [0.25, 0.3) is 0 Å². The molecule has 112 valence electrons. The van der Waals surface area contributed by atoms with Crippen LogP contribution < -0.4 is 0 Å². The predicted molar refractivity (Wildman–Crippen MR) is 76.3 cm³/mol. The van der Waals surface area contributed by atoms with Crippen molar-refractivity contribution in [2.75, 3.05) is 0 Å². The van der Waals surface area contributed by atoms with Gasteiger partial charge in [0, 0.05) is 0 Å². The molecule has 1 aromatic carbocycles. The lowest BCUT2D eigenvalue weighted by Crippen LogP contribution is -2.36. The molecular formula is C17H24F2O. The Bertz CT molecular complexity index is 474. The number of halogens is 2. The van der Waals surface area contributed by atoms with Crippen LogP contribution in [0.1, 0.15) is 58.4 Å². The molecule has 1 aromatic rings. The average Bonchev–Trinajstić information content (AvgIpc) is 2.42. The zero-order valence-corrected chi connectivity index (χ0v) is 12.5. The Balaban J connectivity index is 2.13. The molecule has 0 atom stereocenters. The van der Waals surface area contributed by atoms with Gasteiger partial charge in [0.1, 0.15) is 0 Å². The quantitative estimate of drug-likeness (QED) is 0.846. The summed E-state index contributed by atoms with van der Waals surface area (Å²) in [6.07, 6.45) is 4.20. The molecule has 0 spiro atoms. The fraction of sp³-hybridized carbons (Fsp3) is 0.647. The van der Waals surface area contributed by atoms with Gasteiger partial charge in [-0.2, -0.15) is 0 Å². The molecule has 1 nitrogen and oxygen atoms in total. The summed E-state index contributed by atoms with van der Waals surface area (Å²) in [6, 6.07) is 3.75. The summed E-state index contributed by atoms with van der Waals surface area (Å²) >= 11 is 0. The van der Waals surface area contributed by atoms with E-state index >= 15 is 0 Å². The fourth-order valence-corrected chi connectivity index (χ4v) is 3.24.